The smallest absolute Gasteiger partial charge is 0.387 e. The van der Waals surface area contributed by atoms with Crippen molar-refractivity contribution in [2.45, 2.75) is 13.2 Å². The van der Waals surface area contributed by atoms with Gasteiger partial charge in [0.25, 0.3) is 6.01 Å². The number of halogens is 3. The monoisotopic (exact) mass is 341 g/mol. The molecule has 1 N–H and O–H groups in total. The van der Waals surface area contributed by atoms with Crippen molar-refractivity contribution in [3.8, 4) is 11.4 Å². The molecule has 3 rings (SSSR count). The Bertz CT molecular complexity index is 779. The molecule has 120 valence electrons. The van der Waals surface area contributed by atoms with Crippen molar-refractivity contribution in [3.63, 3.8) is 0 Å². The Morgan fingerprint density at radius 1 is 1.39 bits per heavy atom. The maximum atomic E-state index is 12.3. The van der Waals surface area contributed by atoms with Crippen molar-refractivity contribution in [1.82, 2.24) is 20.0 Å². The number of anilines is 1. The Labute approximate surface area is 133 Å². The van der Waals surface area contributed by atoms with Crippen LogP contribution in [0.5, 0.6) is 5.75 Å². The fourth-order valence-corrected chi connectivity index (χ4v) is 1.97. The summed E-state index contributed by atoms with van der Waals surface area (Å²) >= 11 is 5.81. The van der Waals surface area contributed by atoms with Crippen LogP contribution in [0.3, 0.4) is 0 Å². The van der Waals surface area contributed by atoms with E-state index in [9.17, 15) is 8.78 Å². The minimum Gasteiger partial charge on any atom is -0.433 e. The predicted molar refractivity (Wildman–Crippen MR) is 76.8 cm³/mol. The van der Waals surface area contributed by atoms with E-state index in [-0.39, 0.29) is 10.8 Å². The number of oxazole rings is 1. The summed E-state index contributed by atoms with van der Waals surface area (Å²) in [5.74, 6) is -0.130. The molecule has 0 radical (unpaired) electrons. The SMILES string of the molecule is FC(F)Oc1cc(-n2cc(CNc3ncco3)nn2)ccc1Cl. The van der Waals surface area contributed by atoms with Crippen molar-refractivity contribution in [3.05, 3.63) is 47.6 Å². The van der Waals surface area contributed by atoms with Crippen LogP contribution in [0.4, 0.5) is 14.8 Å². The molecule has 0 atom stereocenters. The Hall–Kier alpha value is -2.68. The van der Waals surface area contributed by atoms with Gasteiger partial charge in [-0.25, -0.2) is 9.67 Å². The number of rotatable bonds is 6. The number of hydrogen-bond donors (Lipinski definition) is 1. The van der Waals surface area contributed by atoms with Gasteiger partial charge in [0.05, 0.1) is 29.6 Å². The van der Waals surface area contributed by atoms with Gasteiger partial charge in [-0.1, -0.05) is 16.8 Å². The molecule has 0 aliphatic heterocycles. The molecule has 10 heteroatoms. The van der Waals surface area contributed by atoms with Gasteiger partial charge in [-0.2, -0.15) is 8.78 Å². The van der Waals surface area contributed by atoms with Crippen LogP contribution >= 0.6 is 11.6 Å². The molecule has 0 fully saturated rings. The molecule has 0 amide bonds. The van der Waals surface area contributed by atoms with Gasteiger partial charge >= 0.3 is 6.61 Å². The summed E-state index contributed by atoms with van der Waals surface area (Å²) in [4.78, 5) is 3.91. The highest BCUT2D eigenvalue weighted by Crippen LogP contribution is 2.28. The van der Waals surface area contributed by atoms with E-state index in [1.54, 1.807) is 12.3 Å². The van der Waals surface area contributed by atoms with Gasteiger partial charge in [0.15, 0.2) is 0 Å². The summed E-state index contributed by atoms with van der Waals surface area (Å²) in [5.41, 5.74) is 1.09. The van der Waals surface area contributed by atoms with Crippen molar-refractivity contribution < 1.29 is 17.9 Å². The van der Waals surface area contributed by atoms with Crippen LogP contribution in [0, 0.1) is 0 Å². The lowest BCUT2D eigenvalue weighted by Crippen LogP contribution is -2.03. The van der Waals surface area contributed by atoms with Crippen LogP contribution in [0.25, 0.3) is 5.69 Å². The second kappa shape index (κ2) is 6.61. The largest absolute Gasteiger partial charge is 0.433 e. The molecule has 0 aliphatic carbocycles. The molecule has 23 heavy (non-hydrogen) atoms. The first-order chi connectivity index (χ1) is 11.1. The number of alkyl halides is 2. The van der Waals surface area contributed by atoms with E-state index in [0.717, 1.165) is 0 Å². The highest BCUT2D eigenvalue weighted by molar-refractivity contribution is 6.32. The van der Waals surface area contributed by atoms with Crippen LogP contribution in [-0.4, -0.2) is 26.6 Å². The molecule has 3 aromatic rings. The van der Waals surface area contributed by atoms with E-state index in [2.05, 4.69) is 25.3 Å². The molecule has 0 spiro atoms. The molecule has 2 heterocycles. The van der Waals surface area contributed by atoms with Crippen molar-refractivity contribution >= 4 is 17.6 Å². The van der Waals surface area contributed by atoms with Gasteiger partial charge in [0.2, 0.25) is 0 Å². The number of nitrogens with zero attached hydrogens (tertiary/aromatic N) is 4. The molecule has 0 saturated heterocycles. The van der Waals surface area contributed by atoms with Gasteiger partial charge in [-0.15, -0.1) is 5.10 Å². The molecule has 0 aliphatic rings. The normalized spacial score (nSPS) is 11.0. The first-order valence-corrected chi connectivity index (χ1v) is 6.79. The topological polar surface area (TPSA) is 78.0 Å². The molecular formula is C13H10ClF2N5O2. The maximum Gasteiger partial charge on any atom is 0.387 e. The van der Waals surface area contributed by atoms with Gasteiger partial charge < -0.3 is 14.5 Å². The molecule has 7 nitrogen and oxygen atoms in total. The Morgan fingerprint density at radius 2 is 2.26 bits per heavy atom. The lowest BCUT2D eigenvalue weighted by molar-refractivity contribution is -0.0497. The number of benzene rings is 1. The highest BCUT2D eigenvalue weighted by Gasteiger charge is 2.11. The average Bonchev–Trinajstić information content (AvgIpc) is 3.18. The lowest BCUT2D eigenvalue weighted by atomic mass is 10.3. The van der Waals surface area contributed by atoms with Crippen molar-refractivity contribution in [1.29, 1.82) is 0 Å². The van der Waals surface area contributed by atoms with Crippen molar-refractivity contribution in [2.24, 2.45) is 0 Å². The first kappa shape index (κ1) is 15.2. The van der Waals surface area contributed by atoms with Crippen LogP contribution in [0.15, 0.2) is 41.3 Å². The number of ether oxygens (including phenoxy) is 1. The summed E-state index contributed by atoms with van der Waals surface area (Å²) in [5, 5.41) is 10.9. The van der Waals surface area contributed by atoms with E-state index < -0.39 is 6.61 Å². The Kier molecular flexibility index (Phi) is 4.38. The maximum absolute atomic E-state index is 12.3. The zero-order valence-corrected chi connectivity index (χ0v) is 12.2. The highest BCUT2D eigenvalue weighted by atomic mass is 35.5. The molecular weight excluding hydrogens is 332 g/mol. The summed E-state index contributed by atoms with van der Waals surface area (Å²) in [6, 6.07) is 4.77. The van der Waals surface area contributed by atoms with Gasteiger partial charge in [0.1, 0.15) is 17.7 Å². The Balaban J connectivity index is 1.74. The summed E-state index contributed by atoms with van der Waals surface area (Å²) in [7, 11) is 0. The summed E-state index contributed by atoms with van der Waals surface area (Å²) < 4.78 is 35.5. The average molecular weight is 342 g/mol. The molecule has 0 saturated carbocycles. The third-order valence-corrected chi connectivity index (χ3v) is 3.10. The van der Waals surface area contributed by atoms with Crippen LogP contribution < -0.4 is 10.1 Å². The second-order valence-electron chi connectivity index (χ2n) is 4.34. The van der Waals surface area contributed by atoms with Crippen LogP contribution in [0.2, 0.25) is 5.02 Å². The number of nitrogens with one attached hydrogen (secondary N) is 1. The van der Waals surface area contributed by atoms with E-state index >= 15 is 0 Å². The fraction of sp³-hybridized carbons (Fsp3) is 0.154. The third kappa shape index (κ3) is 3.75. The minimum absolute atomic E-state index is 0.0833. The molecule has 0 unspecified atom stereocenters. The standard InChI is InChI=1S/C13H10ClF2N5O2/c14-10-2-1-9(5-11(10)23-12(15)16)21-7-8(19-20-21)6-18-13-17-3-4-22-13/h1-5,7,12H,6H2,(H,17,18). The van der Waals surface area contributed by atoms with E-state index in [1.807, 2.05) is 0 Å². The zero-order valence-electron chi connectivity index (χ0n) is 11.5. The van der Waals surface area contributed by atoms with E-state index in [0.29, 0.717) is 23.9 Å². The molecule has 2 aromatic heterocycles. The van der Waals surface area contributed by atoms with Crippen LogP contribution in [0.1, 0.15) is 5.69 Å². The van der Waals surface area contributed by atoms with Crippen LogP contribution in [-0.2, 0) is 6.54 Å². The fourth-order valence-electron chi connectivity index (χ4n) is 1.80. The van der Waals surface area contributed by atoms with Crippen molar-refractivity contribution in [2.75, 3.05) is 5.32 Å². The van der Waals surface area contributed by atoms with Gasteiger partial charge in [-0.3, -0.25) is 0 Å². The zero-order chi connectivity index (χ0) is 16.2. The quantitative estimate of drug-likeness (QED) is 0.742. The minimum atomic E-state index is -2.96. The van der Waals surface area contributed by atoms with Gasteiger partial charge in [-0.05, 0) is 12.1 Å². The number of hydrogen-bond acceptors (Lipinski definition) is 6. The second-order valence-corrected chi connectivity index (χ2v) is 4.75. The third-order valence-electron chi connectivity index (χ3n) is 2.79. The van der Waals surface area contributed by atoms with Gasteiger partial charge in [0, 0.05) is 6.07 Å². The number of aromatic nitrogens is 4. The Morgan fingerprint density at radius 3 is 3.00 bits per heavy atom. The van der Waals surface area contributed by atoms with E-state index in [1.165, 1.54) is 29.3 Å². The predicted octanol–water partition coefficient (Wildman–Crippen LogP) is 3.12. The molecule has 1 aromatic carbocycles. The summed E-state index contributed by atoms with van der Waals surface area (Å²) in [6.07, 6.45) is 4.58. The summed E-state index contributed by atoms with van der Waals surface area (Å²) in [6.45, 7) is -2.62. The van der Waals surface area contributed by atoms with E-state index in [4.69, 9.17) is 16.0 Å². The first-order valence-electron chi connectivity index (χ1n) is 6.41. The lowest BCUT2D eigenvalue weighted by Gasteiger charge is -2.08. The molecule has 0 bridgehead atoms.